The van der Waals surface area contributed by atoms with Crippen molar-refractivity contribution >= 4 is 17.5 Å². The smallest absolute Gasteiger partial charge is 0.260 e. The molecule has 0 radical (unpaired) electrons. The second-order valence-electron chi connectivity index (χ2n) is 7.03. The largest absolute Gasteiger partial charge is 0.493 e. The van der Waals surface area contributed by atoms with Crippen LogP contribution in [0.5, 0.6) is 17.2 Å². The molecule has 1 fully saturated rings. The summed E-state index contributed by atoms with van der Waals surface area (Å²) >= 11 is 0. The number of nitrogens with zero attached hydrogens (tertiary/aromatic N) is 2. The molecule has 30 heavy (non-hydrogen) atoms. The first-order valence-electron chi connectivity index (χ1n) is 10.1. The Kier molecular flexibility index (Phi) is 7.17. The van der Waals surface area contributed by atoms with Crippen LogP contribution >= 0.6 is 0 Å². The Bertz CT molecular complexity index is 882. The highest BCUT2D eigenvalue weighted by atomic mass is 16.5. The van der Waals surface area contributed by atoms with E-state index in [1.54, 1.807) is 36.2 Å². The first kappa shape index (κ1) is 21.5. The maximum Gasteiger partial charge on any atom is 0.260 e. The minimum Gasteiger partial charge on any atom is -0.493 e. The van der Waals surface area contributed by atoms with Gasteiger partial charge in [0.05, 0.1) is 14.2 Å². The van der Waals surface area contributed by atoms with Gasteiger partial charge in [0.2, 0.25) is 5.91 Å². The van der Waals surface area contributed by atoms with Crippen LogP contribution in [0.3, 0.4) is 0 Å². The molecule has 7 heteroatoms. The van der Waals surface area contributed by atoms with E-state index >= 15 is 0 Å². The SMILES string of the molecule is CCN(Cc1ccc(OC)c(OC)c1)C(=O)COc1ccc(N2CCCC2=O)cc1. The van der Waals surface area contributed by atoms with Crippen molar-refractivity contribution in [1.82, 2.24) is 4.90 Å². The minimum atomic E-state index is -0.105. The van der Waals surface area contributed by atoms with Crippen molar-refractivity contribution in [3.63, 3.8) is 0 Å². The number of anilines is 1. The zero-order valence-corrected chi connectivity index (χ0v) is 17.7. The molecule has 0 bridgehead atoms. The molecule has 3 rings (SSSR count). The van der Waals surface area contributed by atoms with Gasteiger partial charge in [0.15, 0.2) is 18.1 Å². The van der Waals surface area contributed by atoms with Crippen molar-refractivity contribution in [3.05, 3.63) is 48.0 Å². The van der Waals surface area contributed by atoms with Gasteiger partial charge >= 0.3 is 0 Å². The summed E-state index contributed by atoms with van der Waals surface area (Å²) in [6, 6.07) is 12.9. The average molecular weight is 412 g/mol. The number of hydrogen-bond acceptors (Lipinski definition) is 5. The van der Waals surface area contributed by atoms with Crippen LogP contribution in [0.4, 0.5) is 5.69 Å². The molecule has 0 saturated carbocycles. The van der Waals surface area contributed by atoms with Crippen LogP contribution in [-0.4, -0.2) is 50.6 Å². The van der Waals surface area contributed by atoms with Gasteiger partial charge in [0.25, 0.3) is 5.91 Å². The lowest BCUT2D eigenvalue weighted by Crippen LogP contribution is -2.34. The standard InChI is InChI=1S/C23H28N2O5/c1-4-24(15-17-7-12-20(28-2)21(14-17)29-3)23(27)16-30-19-10-8-18(9-11-19)25-13-5-6-22(25)26/h7-12,14H,4-6,13,15-16H2,1-3H3. The number of carbonyl (C=O) groups is 2. The number of benzene rings is 2. The van der Waals surface area contributed by atoms with Crippen molar-refractivity contribution in [3.8, 4) is 17.2 Å². The van der Waals surface area contributed by atoms with Gasteiger partial charge < -0.3 is 24.0 Å². The molecule has 2 amide bonds. The second kappa shape index (κ2) is 10.0. The van der Waals surface area contributed by atoms with Crippen LogP contribution in [0.2, 0.25) is 0 Å². The molecule has 0 atom stereocenters. The van der Waals surface area contributed by atoms with Crippen molar-refractivity contribution in [2.45, 2.75) is 26.3 Å². The number of ether oxygens (including phenoxy) is 3. The number of methoxy groups -OCH3 is 2. The predicted molar refractivity (Wildman–Crippen MR) is 114 cm³/mol. The number of likely N-dealkylation sites (N-methyl/N-ethyl adjacent to an activating group) is 1. The number of carbonyl (C=O) groups excluding carboxylic acids is 2. The maximum absolute atomic E-state index is 12.6. The maximum atomic E-state index is 12.6. The van der Waals surface area contributed by atoms with E-state index in [1.807, 2.05) is 37.3 Å². The van der Waals surface area contributed by atoms with Crippen LogP contribution in [0.1, 0.15) is 25.3 Å². The van der Waals surface area contributed by atoms with Crippen molar-refractivity contribution in [1.29, 1.82) is 0 Å². The fraction of sp³-hybridized carbons (Fsp3) is 0.391. The van der Waals surface area contributed by atoms with E-state index in [4.69, 9.17) is 14.2 Å². The molecule has 160 valence electrons. The summed E-state index contributed by atoms with van der Waals surface area (Å²) in [7, 11) is 3.18. The zero-order chi connectivity index (χ0) is 21.5. The molecule has 0 aromatic heterocycles. The van der Waals surface area contributed by atoms with Gasteiger partial charge in [-0.25, -0.2) is 0 Å². The zero-order valence-electron chi connectivity index (χ0n) is 17.7. The second-order valence-corrected chi connectivity index (χ2v) is 7.03. The third-order valence-electron chi connectivity index (χ3n) is 5.14. The van der Waals surface area contributed by atoms with E-state index in [9.17, 15) is 9.59 Å². The summed E-state index contributed by atoms with van der Waals surface area (Å²) in [5, 5.41) is 0. The van der Waals surface area contributed by atoms with E-state index in [-0.39, 0.29) is 18.4 Å². The Morgan fingerprint density at radius 3 is 2.40 bits per heavy atom. The molecule has 2 aromatic carbocycles. The summed E-state index contributed by atoms with van der Waals surface area (Å²) in [5.74, 6) is 1.92. The van der Waals surface area contributed by atoms with Gasteiger partial charge in [-0.05, 0) is 55.3 Å². The first-order valence-corrected chi connectivity index (χ1v) is 10.1. The Morgan fingerprint density at radius 2 is 1.80 bits per heavy atom. The lowest BCUT2D eigenvalue weighted by atomic mass is 10.2. The minimum absolute atomic E-state index is 0.0525. The molecular weight excluding hydrogens is 384 g/mol. The van der Waals surface area contributed by atoms with Crippen molar-refractivity contribution < 1.29 is 23.8 Å². The van der Waals surface area contributed by atoms with Crippen molar-refractivity contribution in [2.75, 3.05) is 38.8 Å². The molecule has 2 aromatic rings. The highest BCUT2D eigenvalue weighted by Crippen LogP contribution is 2.28. The van der Waals surface area contributed by atoms with Crippen LogP contribution < -0.4 is 19.1 Å². The molecule has 1 aliphatic heterocycles. The van der Waals surface area contributed by atoms with Gasteiger partial charge in [0.1, 0.15) is 5.75 Å². The summed E-state index contributed by atoms with van der Waals surface area (Å²) in [6.07, 6.45) is 1.48. The van der Waals surface area contributed by atoms with Gasteiger partial charge in [0, 0.05) is 31.7 Å². The fourth-order valence-corrected chi connectivity index (χ4v) is 3.46. The van der Waals surface area contributed by atoms with Gasteiger partial charge in [-0.1, -0.05) is 6.07 Å². The Labute approximate surface area is 177 Å². The Hall–Kier alpha value is -3.22. The average Bonchev–Trinajstić information content (AvgIpc) is 3.21. The van der Waals surface area contributed by atoms with Gasteiger partial charge in [-0.2, -0.15) is 0 Å². The molecule has 0 unspecified atom stereocenters. The molecular formula is C23H28N2O5. The first-order chi connectivity index (χ1) is 14.5. The lowest BCUT2D eigenvalue weighted by molar-refractivity contribution is -0.133. The highest BCUT2D eigenvalue weighted by Gasteiger charge is 2.21. The van der Waals surface area contributed by atoms with Crippen LogP contribution in [0, 0.1) is 0 Å². The Morgan fingerprint density at radius 1 is 1.07 bits per heavy atom. The number of rotatable bonds is 9. The summed E-state index contributed by atoms with van der Waals surface area (Å²) in [4.78, 5) is 28.0. The number of amides is 2. The molecule has 1 saturated heterocycles. The summed E-state index contributed by atoms with van der Waals surface area (Å²) in [5.41, 5.74) is 1.81. The summed E-state index contributed by atoms with van der Waals surface area (Å²) < 4.78 is 16.3. The van der Waals surface area contributed by atoms with E-state index in [0.29, 0.717) is 36.8 Å². The van der Waals surface area contributed by atoms with E-state index in [2.05, 4.69) is 0 Å². The van der Waals surface area contributed by atoms with Crippen molar-refractivity contribution in [2.24, 2.45) is 0 Å². The molecule has 7 nitrogen and oxygen atoms in total. The quantitative estimate of drug-likeness (QED) is 0.632. The van der Waals surface area contributed by atoms with E-state index in [0.717, 1.165) is 24.2 Å². The van der Waals surface area contributed by atoms with Crippen LogP contribution in [0.25, 0.3) is 0 Å². The topological polar surface area (TPSA) is 68.3 Å². The highest BCUT2D eigenvalue weighted by molar-refractivity contribution is 5.95. The predicted octanol–water partition coefficient (Wildman–Crippen LogP) is 3.26. The molecule has 0 spiro atoms. The third kappa shape index (κ3) is 5.03. The fourth-order valence-electron chi connectivity index (χ4n) is 3.46. The Balaban J connectivity index is 1.57. The molecule has 0 N–H and O–H groups in total. The van der Waals surface area contributed by atoms with E-state index < -0.39 is 0 Å². The normalized spacial score (nSPS) is 13.3. The molecule has 0 aliphatic carbocycles. The number of hydrogen-bond donors (Lipinski definition) is 0. The van der Waals surface area contributed by atoms with Crippen LogP contribution in [0.15, 0.2) is 42.5 Å². The molecule has 1 aliphatic rings. The monoisotopic (exact) mass is 412 g/mol. The van der Waals surface area contributed by atoms with Crippen LogP contribution in [-0.2, 0) is 16.1 Å². The van der Waals surface area contributed by atoms with Gasteiger partial charge in [-0.15, -0.1) is 0 Å². The molecule has 1 heterocycles. The van der Waals surface area contributed by atoms with E-state index in [1.165, 1.54) is 0 Å². The summed E-state index contributed by atoms with van der Waals surface area (Å²) in [6.45, 7) is 3.64. The third-order valence-corrected chi connectivity index (χ3v) is 5.14. The van der Waals surface area contributed by atoms with Gasteiger partial charge in [-0.3, -0.25) is 9.59 Å². The lowest BCUT2D eigenvalue weighted by Gasteiger charge is -2.22.